The molecule has 0 heterocycles. The third-order valence-corrected chi connectivity index (χ3v) is 3.19. The molecule has 3 N–H and O–H groups in total. The van der Waals surface area contributed by atoms with Gasteiger partial charge in [-0.3, -0.25) is 4.79 Å². The summed E-state index contributed by atoms with van der Waals surface area (Å²) in [4.78, 5) is 11.8. The summed E-state index contributed by atoms with van der Waals surface area (Å²) in [7, 11) is 0. The number of nitrogens with one attached hydrogen (secondary N) is 1. The Morgan fingerprint density at radius 2 is 1.81 bits per heavy atom. The highest BCUT2D eigenvalue weighted by molar-refractivity contribution is 8.01. The summed E-state index contributed by atoms with van der Waals surface area (Å²) in [6.07, 6.45) is 0. The van der Waals surface area contributed by atoms with Crippen LogP contribution in [-0.2, 0) is 4.79 Å². The molecule has 1 amide bonds. The van der Waals surface area contributed by atoms with Gasteiger partial charge in [0.25, 0.3) is 0 Å². The molecule has 3 nitrogen and oxygen atoms in total. The van der Waals surface area contributed by atoms with Gasteiger partial charge in [0.15, 0.2) is 0 Å². The van der Waals surface area contributed by atoms with Crippen molar-refractivity contribution < 1.29 is 4.79 Å². The maximum absolute atomic E-state index is 11.8. The average Bonchev–Trinajstić information content (AvgIpc) is 2.20. The number of rotatable bonds is 4. The van der Waals surface area contributed by atoms with Gasteiger partial charge in [-0.15, -0.1) is 11.8 Å². The fourth-order valence-electron chi connectivity index (χ4n) is 1.28. The van der Waals surface area contributed by atoms with E-state index in [4.69, 9.17) is 5.73 Å². The Bertz CT molecular complexity index is 349. The molecule has 4 heteroatoms. The number of hydrogen-bond acceptors (Lipinski definition) is 3. The van der Waals surface area contributed by atoms with Crippen molar-refractivity contribution >= 4 is 29.0 Å². The number of nitrogens with two attached hydrogens (primary N) is 1. The van der Waals surface area contributed by atoms with E-state index in [1.165, 1.54) is 0 Å². The summed E-state index contributed by atoms with van der Waals surface area (Å²) >= 11 is 1.65. The molecule has 1 aromatic carbocycles. The van der Waals surface area contributed by atoms with Crippen LogP contribution in [0.2, 0.25) is 0 Å². The summed E-state index contributed by atoms with van der Waals surface area (Å²) < 4.78 is 0. The van der Waals surface area contributed by atoms with Crippen LogP contribution in [0.25, 0.3) is 0 Å². The monoisotopic (exact) mass is 238 g/mol. The zero-order valence-electron chi connectivity index (χ0n) is 9.86. The molecule has 0 fully saturated rings. The van der Waals surface area contributed by atoms with E-state index in [1.807, 2.05) is 6.92 Å². The first-order valence-electron chi connectivity index (χ1n) is 5.31. The van der Waals surface area contributed by atoms with Crippen LogP contribution in [0.4, 0.5) is 11.4 Å². The van der Waals surface area contributed by atoms with Crippen LogP contribution < -0.4 is 11.1 Å². The molecule has 16 heavy (non-hydrogen) atoms. The topological polar surface area (TPSA) is 55.1 Å². The number of carbonyl (C=O) groups is 1. The molecule has 88 valence electrons. The quantitative estimate of drug-likeness (QED) is 0.793. The summed E-state index contributed by atoms with van der Waals surface area (Å²) in [5, 5.41) is 3.27. The lowest BCUT2D eigenvalue weighted by Crippen LogP contribution is -2.23. The Balaban J connectivity index is 2.54. The molecular formula is C12H18N2OS. The lowest BCUT2D eigenvalue weighted by molar-refractivity contribution is -0.115. The molecule has 0 spiro atoms. The highest BCUT2D eigenvalue weighted by Gasteiger charge is 2.14. The van der Waals surface area contributed by atoms with Gasteiger partial charge >= 0.3 is 0 Å². The van der Waals surface area contributed by atoms with Gasteiger partial charge in [0.2, 0.25) is 5.91 Å². The molecule has 0 aliphatic heterocycles. The first kappa shape index (κ1) is 12.9. The summed E-state index contributed by atoms with van der Waals surface area (Å²) in [5.74, 6) is 0.0310. The molecule has 0 aliphatic carbocycles. The van der Waals surface area contributed by atoms with E-state index in [-0.39, 0.29) is 11.2 Å². The predicted octanol–water partition coefficient (Wildman–Crippen LogP) is 2.74. The summed E-state index contributed by atoms with van der Waals surface area (Å²) in [5.41, 5.74) is 7.05. The van der Waals surface area contributed by atoms with Gasteiger partial charge in [-0.2, -0.15) is 0 Å². The molecule has 0 saturated carbocycles. The van der Waals surface area contributed by atoms with Crippen LogP contribution >= 0.6 is 11.8 Å². The number of carbonyl (C=O) groups excluding carboxylic acids is 1. The van der Waals surface area contributed by atoms with E-state index < -0.39 is 0 Å². The summed E-state index contributed by atoms with van der Waals surface area (Å²) in [6, 6.07) is 7.16. The van der Waals surface area contributed by atoms with Crippen LogP contribution in [0, 0.1) is 0 Å². The fraction of sp³-hybridized carbons (Fsp3) is 0.417. The van der Waals surface area contributed by atoms with Crippen molar-refractivity contribution in [1.29, 1.82) is 0 Å². The highest BCUT2D eigenvalue weighted by atomic mass is 32.2. The Morgan fingerprint density at radius 1 is 1.25 bits per heavy atom. The van der Waals surface area contributed by atoms with E-state index >= 15 is 0 Å². The SMILES string of the molecule is CC(C)SC(C)C(=O)Nc1ccc(N)cc1. The average molecular weight is 238 g/mol. The van der Waals surface area contributed by atoms with E-state index in [1.54, 1.807) is 36.0 Å². The molecule has 0 saturated heterocycles. The van der Waals surface area contributed by atoms with Gasteiger partial charge < -0.3 is 11.1 Å². The van der Waals surface area contributed by atoms with E-state index in [9.17, 15) is 4.79 Å². The van der Waals surface area contributed by atoms with Crippen LogP contribution in [-0.4, -0.2) is 16.4 Å². The van der Waals surface area contributed by atoms with E-state index in [0.29, 0.717) is 10.9 Å². The third-order valence-electron chi connectivity index (χ3n) is 2.02. The molecule has 1 aromatic rings. The van der Waals surface area contributed by atoms with Crippen molar-refractivity contribution in [3.63, 3.8) is 0 Å². The van der Waals surface area contributed by atoms with Crippen molar-refractivity contribution in [3.05, 3.63) is 24.3 Å². The largest absolute Gasteiger partial charge is 0.399 e. The summed E-state index contributed by atoms with van der Waals surface area (Å²) in [6.45, 7) is 6.08. The van der Waals surface area contributed by atoms with Crippen LogP contribution in [0.1, 0.15) is 20.8 Å². The van der Waals surface area contributed by atoms with Crippen LogP contribution in [0.3, 0.4) is 0 Å². The second-order valence-corrected chi connectivity index (χ2v) is 5.86. The molecule has 1 rings (SSSR count). The first-order valence-corrected chi connectivity index (χ1v) is 6.25. The maximum atomic E-state index is 11.8. The van der Waals surface area contributed by atoms with Gasteiger partial charge in [0.05, 0.1) is 5.25 Å². The smallest absolute Gasteiger partial charge is 0.237 e. The van der Waals surface area contributed by atoms with Crippen LogP contribution in [0.5, 0.6) is 0 Å². The minimum atomic E-state index is -0.0439. The Kier molecular flexibility index (Phi) is 4.68. The second kappa shape index (κ2) is 5.80. The van der Waals surface area contributed by atoms with Crippen molar-refractivity contribution in [3.8, 4) is 0 Å². The lowest BCUT2D eigenvalue weighted by Gasteiger charge is -2.14. The Morgan fingerprint density at radius 3 is 2.31 bits per heavy atom. The zero-order valence-corrected chi connectivity index (χ0v) is 10.7. The number of amides is 1. The minimum Gasteiger partial charge on any atom is -0.399 e. The van der Waals surface area contributed by atoms with Crippen molar-refractivity contribution in [1.82, 2.24) is 0 Å². The predicted molar refractivity (Wildman–Crippen MR) is 71.7 cm³/mol. The third kappa shape index (κ3) is 4.14. The van der Waals surface area contributed by atoms with Crippen LogP contribution in [0.15, 0.2) is 24.3 Å². The number of benzene rings is 1. The Labute approximate surface area is 101 Å². The molecule has 1 atom stereocenters. The first-order chi connectivity index (χ1) is 7.49. The lowest BCUT2D eigenvalue weighted by atomic mass is 10.3. The van der Waals surface area contributed by atoms with E-state index in [2.05, 4.69) is 19.2 Å². The van der Waals surface area contributed by atoms with Crippen molar-refractivity contribution in [2.24, 2.45) is 0 Å². The Hall–Kier alpha value is -1.16. The molecule has 0 bridgehead atoms. The van der Waals surface area contributed by atoms with Gasteiger partial charge in [-0.25, -0.2) is 0 Å². The number of thioether (sulfide) groups is 1. The standard InChI is InChI=1S/C12H18N2OS/c1-8(2)16-9(3)12(15)14-11-6-4-10(13)5-7-11/h4-9H,13H2,1-3H3,(H,14,15). The van der Waals surface area contributed by atoms with Gasteiger partial charge in [0.1, 0.15) is 0 Å². The van der Waals surface area contributed by atoms with Crippen molar-refractivity contribution in [2.75, 3.05) is 11.1 Å². The van der Waals surface area contributed by atoms with E-state index in [0.717, 1.165) is 5.69 Å². The highest BCUT2D eigenvalue weighted by Crippen LogP contribution is 2.19. The number of nitrogen functional groups attached to an aromatic ring is 1. The van der Waals surface area contributed by atoms with Gasteiger partial charge in [0, 0.05) is 11.4 Å². The molecule has 0 radical (unpaired) electrons. The zero-order chi connectivity index (χ0) is 12.1. The molecule has 0 aliphatic rings. The van der Waals surface area contributed by atoms with Crippen molar-refractivity contribution in [2.45, 2.75) is 31.3 Å². The normalized spacial score (nSPS) is 12.5. The minimum absolute atomic E-state index is 0.0310. The maximum Gasteiger partial charge on any atom is 0.237 e. The number of hydrogen-bond donors (Lipinski definition) is 2. The second-order valence-electron chi connectivity index (χ2n) is 3.94. The molecular weight excluding hydrogens is 220 g/mol. The van der Waals surface area contributed by atoms with Gasteiger partial charge in [-0.1, -0.05) is 13.8 Å². The molecule has 0 aromatic heterocycles. The van der Waals surface area contributed by atoms with Gasteiger partial charge in [-0.05, 0) is 36.4 Å². The molecule has 1 unspecified atom stereocenters. The number of anilines is 2. The fourth-order valence-corrected chi connectivity index (χ4v) is 2.28.